The van der Waals surface area contributed by atoms with Crippen LogP contribution < -0.4 is 5.32 Å². The number of nitrogens with zero attached hydrogens (tertiary/aromatic N) is 1. The van der Waals surface area contributed by atoms with Gasteiger partial charge in [0.05, 0.1) is 6.04 Å². The third kappa shape index (κ3) is 6.98. The average molecular weight is 366 g/mol. The molecule has 5 heteroatoms. The van der Waals surface area contributed by atoms with Gasteiger partial charge in [-0.15, -0.1) is 0 Å². The minimum Gasteiger partial charge on any atom is -0.445 e. The lowest BCUT2D eigenvalue weighted by atomic mass is 10.0. The van der Waals surface area contributed by atoms with Gasteiger partial charge in [0.25, 0.3) is 0 Å². The molecule has 2 aromatic carbocycles. The van der Waals surface area contributed by atoms with Crippen LogP contribution in [0.15, 0.2) is 72.8 Å². The highest BCUT2D eigenvalue weighted by atomic mass is 16.5. The second-order valence-electron chi connectivity index (χ2n) is 6.40. The minimum atomic E-state index is -0.440. The number of carbonyl (C=O) groups excluding carboxylic acids is 2. The molecule has 142 valence electrons. The van der Waals surface area contributed by atoms with Crippen molar-refractivity contribution >= 4 is 12.5 Å². The third-order valence-corrected chi connectivity index (χ3v) is 4.13. The molecule has 0 bridgehead atoms. The SMILES string of the molecule is CC(C/C=C\[C@@H](c1ccccc1)N(C)C=O)NC(=O)OCc1ccccc1. The van der Waals surface area contributed by atoms with Crippen LogP contribution in [0.4, 0.5) is 4.79 Å². The molecule has 2 aromatic rings. The molecule has 2 atom stereocenters. The highest BCUT2D eigenvalue weighted by Crippen LogP contribution is 2.19. The van der Waals surface area contributed by atoms with Crippen LogP contribution in [0.25, 0.3) is 0 Å². The number of likely N-dealkylation sites (N-methyl/N-ethyl adjacent to an activating group) is 1. The van der Waals surface area contributed by atoms with E-state index in [0.29, 0.717) is 6.42 Å². The largest absolute Gasteiger partial charge is 0.445 e. The fourth-order valence-electron chi connectivity index (χ4n) is 2.63. The quantitative estimate of drug-likeness (QED) is 0.537. The van der Waals surface area contributed by atoms with Crippen molar-refractivity contribution in [2.24, 2.45) is 0 Å². The van der Waals surface area contributed by atoms with Gasteiger partial charge in [0.15, 0.2) is 0 Å². The summed E-state index contributed by atoms with van der Waals surface area (Å²) in [6, 6.07) is 19.1. The number of amides is 2. The van der Waals surface area contributed by atoms with Gasteiger partial charge in [-0.3, -0.25) is 4.79 Å². The molecule has 2 amide bonds. The maximum atomic E-state index is 11.9. The summed E-state index contributed by atoms with van der Waals surface area (Å²) in [7, 11) is 1.75. The summed E-state index contributed by atoms with van der Waals surface area (Å²) in [5.74, 6) is 0. The lowest BCUT2D eigenvalue weighted by Gasteiger charge is -2.22. The number of ether oxygens (including phenoxy) is 1. The van der Waals surface area contributed by atoms with E-state index in [1.807, 2.05) is 79.7 Å². The molecule has 0 heterocycles. The number of nitrogens with one attached hydrogen (secondary N) is 1. The van der Waals surface area contributed by atoms with Crippen LogP contribution in [-0.2, 0) is 16.1 Å². The number of alkyl carbamates (subject to hydrolysis) is 1. The predicted octanol–water partition coefficient (Wildman–Crippen LogP) is 4.08. The molecule has 1 N–H and O–H groups in total. The zero-order valence-corrected chi connectivity index (χ0v) is 15.7. The molecule has 0 aliphatic rings. The van der Waals surface area contributed by atoms with Crippen molar-refractivity contribution in [1.82, 2.24) is 10.2 Å². The van der Waals surface area contributed by atoms with E-state index in [4.69, 9.17) is 4.74 Å². The maximum Gasteiger partial charge on any atom is 0.407 e. The van der Waals surface area contributed by atoms with Gasteiger partial charge in [0, 0.05) is 13.1 Å². The normalized spacial score (nSPS) is 13.0. The minimum absolute atomic E-state index is 0.0810. The monoisotopic (exact) mass is 366 g/mol. The average Bonchev–Trinajstić information content (AvgIpc) is 2.70. The molecule has 0 aliphatic carbocycles. The summed E-state index contributed by atoms with van der Waals surface area (Å²) in [5.41, 5.74) is 1.98. The van der Waals surface area contributed by atoms with Gasteiger partial charge in [-0.1, -0.05) is 72.8 Å². The molecule has 0 radical (unpaired) electrons. The van der Waals surface area contributed by atoms with Crippen LogP contribution in [-0.4, -0.2) is 30.5 Å². The van der Waals surface area contributed by atoms with Gasteiger partial charge in [0.2, 0.25) is 6.41 Å². The molecule has 2 rings (SSSR count). The van der Waals surface area contributed by atoms with E-state index in [-0.39, 0.29) is 18.7 Å². The van der Waals surface area contributed by atoms with E-state index in [1.54, 1.807) is 11.9 Å². The molecule has 5 nitrogen and oxygen atoms in total. The summed E-state index contributed by atoms with van der Waals surface area (Å²) in [6.07, 6.45) is 4.95. The van der Waals surface area contributed by atoms with Crippen LogP contribution in [0.5, 0.6) is 0 Å². The zero-order chi connectivity index (χ0) is 19.5. The molecule has 0 aromatic heterocycles. The number of hydrogen-bond donors (Lipinski definition) is 1. The highest BCUT2D eigenvalue weighted by Gasteiger charge is 2.12. The molecule has 1 unspecified atom stereocenters. The lowest BCUT2D eigenvalue weighted by Crippen LogP contribution is -2.32. The summed E-state index contributed by atoms with van der Waals surface area (Å²) in [4.78, 5) is 24.7. The summed E-state index contributed by atoms with van der Waals surface area (Å²) >= 11 is 0. The van der Waals surface area contributed by atoms with E-state index in [0.717, 1.165) is 17.5 Å². The van der Waals surface area contributed by atoms with Gasteiger partial charge in [0.1, 0.15) is 6.61 Å². The van der Waals surface area contributed by atoms with Gasteiger partial charge >= 0.3 is 6.09 Å². The first-order valence-electron chi connectivity index (χ1n) is 8.96. The molecule has 0 spiro atoms. The van der Waals surface area contributed by atoms with E-state index >= 15 is 0 Å². The number of benzene rings is 2. The third-order valence-electron chi connectivity index (χ3n) is 4.13. The van der Waals surface area contributed by atoms with E-state index < -0.39 is 6.09 Å². The van der Waals surface area contributed by atoms with E-state index in [1.165, 1.54) is 0 Å². The lowest BCUT2D eigenvalue weighted by molar-refractivity contribution is -0.118. The molecule has 0 saturated carbocycles. The molecule has 27 heavy (non-hydrogen) atoms. The van der Waals surface area contributed by atoms with Crippen LogP contribution in [0, 0.1) is 0 Å². The first kappa shape index (κ1) is 20.2. The predicted molar refractivity (Wildman–Crippen MR) is 106 cm³/mol. The second kappa shape index (κ2) is 10.8. The van der Waals surface area contributed by atoms with Crippen molar-refractivity contribution in [1.29, 1.82) is 0 Å². The summed E-state index contributed by atoms with van der Waals surface area (Å²) < 4.78 is 5.22. The Labute approximate surface area is 160 Å². The molecule has 0 saturated heterocycles. The highest BCUT2D eigenvalue weighted by molar-refractivity contribution is 5.67. The molecular formula is C22H26N2O3. The standard InChI is InChI=1S/C22H26N2O3/c1-18(23-22(26)27-16-19-11-5-3-6-12-19)10-9-15-21(24(2)17-25)20-13-7-4-8-14-20/h3-9,11-15,17-18,21H,10,16H2,1-2H3,(H,23,26)/b15-9-/t18?,21-/m0/s1. The first-order chi connectivity index (χ1) is 13.1. The summed E-state index contributed by atoms with van der Waals surface area (Å²) in [6.45, 7) is 2.16. The molecular weight excluding hydrogens is 340 g/mol. The second-order valence-corrected chi connectivity index (χ2v) is 6.40. The Morgan fingerprint density at radius 1 is 1.11 bits per heavy atom. The molecule has 0 fully saturated rings. The van der Waals surface area contributed by atoms with E-state index in [9.17, 15) is 9.59 Å². The van der Waals surface area contributed by atoms with Crippen molar-refractivity contribution in [2.75, 3.05) is 7.05 Å². The smallest absolute Gasteiger partial charge is 0.407 e. The first-order valence-corrected chi connectivity index (χ1v) is 8.96. The Hall–Kier alpha value is -3.08. The number of hydrogen-bond acceptors (Lipinski definition) is 3. The number of rotatable bonds is 9. The Morgan fingerprint density at radius 2 is 1.74 bits per heavy atom. The Kier molecular flexibility index (Phi) is 8.10. The summed E-state index contributed by atoms with van der Waals surface area (Å²) in [5, 5.41) is 2.81. The Balaban J connectivity index is 1.82. The van der Waals surface area contributed by atoms with Crippen LogP contribution in [0.2, 0.25) is 0 Å². The number of carbonyl (C=O) groups is 2. The van der Waals surface area contributed by atoms with Crippen LogP contribution in [0.1, 0.15) is 30.5 Å². The van der Waals surface area contributed by atoms with Crippen LogP contribution >= 0.6 is 0 Å². The zero-order valence-electron chi connectivity index (χ0n) is 15.7. The fourth-order valence-corrected chi connectivity index (χ4v) is 2.63. The van der Waals surface area contributed by atoms with Crippen molar-refractivity contribution in [3.63, 3.8) is 0 Å². The van der Waals surface area contributed by atoms with Crippen molar-refractivity contribution in [3.05, 3.63) is 83.9 Å². The van der Waals surface area contributed by atoms with Gasteiger partial charge in [-0.05, 0) is 24.5 Å². The Morgan fingerprint density at radius 3 is 2.37 bits per heavy atom. The van der Waals surface area contributed by atoms with Crippen molar-refractivity contribution in [2.45, 2.75) is 32.0 Å². The topological polar surface area (TPSA) is 58.6 Å². The Bertz CT molecular complexity index is 732. The van der Waals surface area contributed by atoms with Crippen LogP contribution in [0.3, 0.4) is 0 Å². The van der Waals surface area contributed by atoms with Crippen molar-refractivity contribution < 1.29 is 14.3 Å². The van der Waals surface area contributed by atoms with Crippen molar-refractivity contribution in [3.8, 4) is 0 Å². The van der Waals surface area contributed by atoms with Gasteiger partial charge in [-0.2, -0.15) is 0 Å². The van der Waals surface area contributed by atoms with Gasteiger partial charge < -0.3 is 15.0 Å². The molecule has 0 aliphatic heterocycles. The van der Waals surface area contributed by atoms with Gasteiger partial charge in [-0.25, -0.2) is 4.79 Å². The maximum absolute atomic E-state index is 11.9. The van der Waals surface area contributed by atoms with E-state index in [2.05, 4.69) is 5.32 Å². The fraction of sp³-hybridized carbons (Fsp3) is 0.273.